The van der Waals surface area contributed by atoms with Crippen LogP contribution in [0.4, 0.5) is 5.69 Å². The molecule has 0 saturated heterocycles. The summed E-state index contributed by atoms with van der Waals surface area (Å²) in [6.07, 6.45) is 0. The lowest BCUT2D eigenvalue weighted by Gasteiger charge is -2.24. The average Bonchev–Trinajstić information content (AvgIpc) is 2.35. The van der Waals surface area contributed by atoms with Gasteiger partial charge in [-0.1, -0.05) is 26.0 Å². The van der Waals surface area contributed by atoms with Crippen molar-refractivity contribution in [3.8, 4) is 0 Å². The van der Waals surface area contributed by atoms with E-state index in [1.807, 2.05) is 13.8 Å². The van der Waals surface area contributed by atoms with Crippen LogP contribution in [0.15, 0.2) is 24.3 Å². The topological polar surface area (TPSA) is 83.6 Å². The monoisotopic (exact) mass is 250 g/mol. The minimum atomic E-state index is -1.07. The summed E-state index contributed by atoms with van der Waals surface area (Å²) >= 11 is 0. The Morgan fingerprint density at radius 1 is 1.28 bits per heavy atom. The molecule has 0 aromatic heterocycles. The van der Waals surface area contributed by atoms with E-state index in [-0.39, 0.29) is 17.4 Å². The van der Waals surface area contributed by atoms with Gasteiger partial charge in [-0.25, -0.2) is 4.79 Å². The Kier molecular flexibility index (Phi) is 4.44. The SMILES string of the molecule is CC(C)[C@@H](N)C(=O)N(C)c1ccccc1C(=O)O. The molecule has 1 aromatic carbocycles. The van der Waals surface area contributed by atoms with Gasteiger partial charge in [0.25, 0.3) is 0 Å². The van der Waals surface area contributed by atoms with Gasteiger partial charge >= 0.3 is 5.97 Å². The minimum Gasteiger partial charge on any atom is -0.478 e. The summed E-state index contributed by atoms with van der Waals surface area (Å²) < 4.78 is 0. The molecule has 0 fully saturated rings. The number of anilines is 1. The molecule has 1 rings (SSSR count). The molecule has 1 amide bonds. The third kappa shape index (κ3) is 2.87. The highest BCUT2D eigenvalue weighted by Crippen LogP contribution is 2.20. The van der Waals surface area contributed by atoms with Crippen molar-refractivity contribution in [2.75, 3.05) is 11.9 Å². The Morgan fingerprint density at radius 3 is 2.33 bits per heavy atom. The van der Waals surface area contributed by atoms with Crippen LogP contribution in [-0.4, -0.2) is 30.1 Å². The highest BCUT2D eigenvalue weighted by atomic mass is 16.4. The Hall–Kier alpha value is -1.88. The lowest BCUT2D eigenvalue weighted by Crippen LogP contribution is -2.45. The van der Waals surface area contributed by atoms with E-state index < -0.39 is 12.0 Å². The number of aromatic carboxylic acids is 1. The molecule has 18 heavy (non-hydrogen) atoms. The average molecular weight is 250 g/mol. The Morgan fingerprint density at radius 2 is 1.83 bits per heavy atom. The number of nitrogens with two attached hydrogens (primary N) is 1. The van der Waals surface area contributed by atoms with E-state index in [4.69, 9.17) is 10.8 Å². The molecule has 0 bridgehead atoms. The summed E-state index contributed by atoms with van der Waals surface area (Å²) in [6, 6.07) is 5.72. The third-order valence-electron chi connectivity index (χ3n) is 2.83. The van der Waals surface area contributed by atoms with E-state index in [0.29, 0.717) is 5.69 Å². The Labute approximate surface area is 106 Å². The summed E-state index contributed by atoms with van der Waals surface area (Å²) in [6.45, 7) is 3.69. The molecule has 0 radical (unpaired) electrons. The number of rotatable bonds is 4. The predicted octanol–water partition coefficient (Wildman–Crippen LogP) is 1.33. The van der Waals surface area contributed by atoms with Crippen molar-refractivity contribution in [1.29, 1.82) is 0 Å². The number of carbonyl (C=O) groups excluding carboxylic acids is 1. The highest BCUT2D eigenvalue weighted by molar-refractivity contribution is 6.03. The van der Waals surface area contributed by atoms with Crippen molar-refractivity contribution < 1.29 is 14.7 Å². The van der Waals surface area contributed by atoms with Crippen molar-refractivity contribution in [3.05, 3.63) is 29.8 Å². The third-order valence-corrected chi connectivity index (χ3v) is 2.83. The second kappa shape index (κ2) is 5.64. The standard InChI is InChI=1S/C13H18N2O3/c1-8(2)11(14)12(16)15(3)10-7-5-4-6-9(10)13(17)18/h4-8,11H,14H2,1-3H3,(H,17,18)/t11-/m1/s1. The van der Waals surface area contributed by atoms with E-state index in [0.717, 1.165) is 0 Å². The molecule has 0 heterocycles. The van der Waals surface area contributed by atoms with E-state index in [1.165, 1.54) is 18.0 Å². The molecule has 0 spiro atoms. The van der Waals surface area contributed by atoms with E-state index in [9.17, 15) is 9.59 Å². The first-order chi connectivity index (χ1) is 8.36. The van der Waals surface area contributed by atoms with Crippen molar-refractivity contribution >= 4 is 17.6 Å². The number of carboxylic acid groups (broad SMARTS) is 1. The zero-order valence-corrected chi connectivity index (χ0v) is 10.8. The van der Waals surface area contributed by atoms with Crippen molar-refractivity contribution in [1.82, 2.24) is 0 Å². The maximum absolute atomic E-state index is 12.1. The molecule has 0 saturated carbocycles. The van der Waals surface area contributed by atoms with Gasteiger partial charge in [-0.2, -0.15) is 0 Å². The van der Waals surface area contributed by atoms with Crippen LogP contribution in [0.5, 0.6) is 0 Å². The minimum absolute atomic E-state index is 0.00283. The lowest BCUT2D eigenvalue weighted by molar-refractivity contribution is -0.120. The zero-order chi connectivity index (χ0) is 13.9. The van der Waals surface area contributed by atoms with Gasteiger partial charge in [0.15, 0.2) is 0 Å². The van der Waals surface area contributed by atoms with Gasteiger partial charge in [0.05, 0.1) is 17.3 Å². The zero-order valence-electron chi connectivity index (χ0n) is 10.8. The Balaban J connectivity index is 3.07. The van der Waals surface area contributed by atoms with Crippen LogP contribution in [0.2, 0.25) is 0 Å². The van der Waals surface area contributed by atoms with Gasteiger partial charge in [-0.3, -0.25) is 4.79 Å². The molecule has 1 atom stereocenters. The fourth-order valence-corrected chi connectivity index (χ4v) is 1.57. The molecule has 5 heteroatoms. The van der Waals surface area contributed by atoms with Crippen LogP contribution in [0.25, 0.3) is 0 Å². The number of hydrogen-bond acceptors (Lipinski definition) is 3. The summed E-state index contributed by atoms with van der Waals surface area (Å²) in [5, 5.41) is 9.07. The van der Waals surface area contributed by atoms with Gasteiger partial charge < -0.3 is 15.7 Å². The molecule has 0 aliphatic heterocycles. The number of carboxylic acids is 1. The van der Waals surface area contributed by atoms with Crippen LogP contribution in [-0.2, 0) is 4.79 Å². The first kappa shape index (κ1) is 14.2. The van der Waals surface area contributed by atoms with Crippen LogP contribution >= 0.6 is 0 Å². The number of para-hydroxylation sites is 1. The first-order valence-electron chi connectivity index (χ1n) is 5.71. The molecule has 3 N–H and O–H groups in total. The quantitative estimate of drug-likeness (QED) is 0.844. The molecule has 0 aliphatic carbocycles. The van der Waals surface area contributed by atoms with Gasteiger partial charge in [-0.05, 0) is 18.1 Å². The molecule has 0 unspecified atom stereocenters. The first-order valence-corrected chi connectivity index (χ1v) is 5.71. The maximum atomic E-state index is 12.1. The van der Waals surface area contributed by atoms with Crippen LogP contribution < -0.4 is 10.6 Å². The molecule has 0 aliphatic rings. The van der Waals surface area contributed by atoms with Gasteiger partial charge in [-0.15, -0.1) is 0 Å². The predicted molar refractivity (Wildman–Crippen MR) is 69.6 cm³/mol. The molecular formula is C13H18N2O3. The molecule has 5 nitrogen and oxygen atoms in total. The van der Waals surface area contributed by atoms with Gasteiger partial charge in [0.1, 0.15) is 0 Å². The summed E-state index contributed by atoms with van der Waals surface area (Å²) in [4.78, 5) is 24.5. The normalized spacial score (nSPS) is 12.3. The van der Waals surface area contributed by atoms with Gasteiger partial charge in [0.2, 0.25) is 5.91 Å². The van der Waals surface area contributed by atoms with E-state index in [2.05, 4.69) is 0 Å². The number of hydrogen-bond donors (Lipinski definition) is 2. The fourth-order valence-electron chi connectivity index (χ4n) is 1.57. The second-order valence-electron chi connectivity index (χ2n) is 4.49. The molecule has 1 aromatic rings. The smallest absolute Gasteiger partial charge is 0.337 e. The van der Waals surface area contributed by atoms with Crippen LogP contribution in [0.1, 0.15) is 24.2 Å². The number of nitrogens with zero attached hydrogens (tertiary/aromatic N) is 1. The number of amides is 1. The number of benzene rings is 1. The molecule has 98 valence electrons. The van der Waals surface area contributed by atoms with Crippen molar-refractivity contribution in [3.63, 3.8) is 0 Å². The maximum Gasteiger partial charge on any atom is 0.337 e. The summed E-state index contributed by atoms with van der Waals surface area (Å²) in [7, 11) is 1.53. The highest BCUT2D eigenvalue weighted by Gasteiger charge is 2.24. The van der Waals surface area contributed by atoms with Crippen LogP contribution in [0.3, 0.4) is 0 Å². The van der Waals surface area contributed by atoms with Gasteiger partial charge in [0, 0.05) is 7.05 Å². The summed E-state index contributed by atoms with van der Waals surface area (Å²) in [5.41, 5.74) is 6.23. The van der Waals surface area contributed by atoms with E-state index >= 15 is 0 Å². The van der Waals surface area contributed by atoms with Crippen molar-refractivity contribution in [2.24, 2.45) is 11.7 Å². The summed E-state index contributed by atoms with van der Waals surface area (Å²) in [5.74, 6) is -1.36. The van der Waals surface area contributed by atoms with Crippen molar-refractivity contribution in [2.45, 2.75) is 19.9 Å². The fraction of sp³-hybridized carbons (Fsp3) is 0.385. The number of likely N-dealkylation sites (N-methyl/N-ethyl adjacent to an activating group) is 1. The lowest BCUT2D eigenvalue weighted by atomic mass is 10.0. The van der Waals surface area contributed by atoms with E-state index in [1.54, 1.807) is 18.2 Å². The largest absolute Gasteiger partial charge is 0.478 e. The van der Waals surface area contributed by atoms with Crippen LogP contribution in [0, 0.1) is 5.92 Å². The molecular weight excluding hydrogens is 232 g/mol. The second-order valence-corrected chi connectivity index (χ2v) is 4.49. The Bertz CT molecular complexity index is 457. The number of carbonyl (C=O) groups is 2.